The Morgan fingerprint density at radius 2 is 1.81 bits per heavy atom. The van der Waals surface area contributed by atoms with Crippen LogP contribution in [-0.4, -0.2) is 41.1 Å². The van der Waals surface area contributed by atoms with Crippen molar-refractivity contribution in [3.05, 3.63) is 77.6 Å². The zero-order chi connectivity index (χ0) is 25.9. The fourth-order valence-corrected chi connectivity index (χ4v) is 4.55. The van der Waals surface area contributed by atoms with E-state index in [1.165, 1.54) is 17.1 Å². The molecule has 0 spiro atoms. The number of hydrogen-bond donors (Lipinski definition) is 2. The van der Waals surface area contributed by atoms with Crippen LogP contribution in [0.4, 0.5) is 5.95 Å². The van der Waals surface area contributed by atoms with Gasteiger partial charge in [0.1, 0.15) is 10.6 Å². The Hall–Kier alpha value is -4.25. The fraction of sp³-hybridized carbons (Fsp3) is 0.200. The van der Waals surface area contributed by atoms with Crippen LogP contribution in [0.3, 0.4) is 0 Å². The number of aryl methyl sites for hydroxylation is 2. The molecular weight excluding hydrogens is 480 g/mol. The Morgan fingerprint density at radius 1 is 1.08 bits per heavy atom. The van der Waals surface area contributed by atoms with Crippen LogP contribution in [0, 0.1) is 6.92 Å². The van der Waals surface area contributed by atoms with Gasteiger partial charge in [-0.25, -0.2) is 18.1 Å². The topological polar surface area (TPSA) is 128 Å². The van der Waals surface area contributed by atoms with Crippen molar-refractivity contribution in [2.45, 2.75) is 25.2 Å². The number of aromatic nitrogens is 4. The molecular formula is C25H26N6O4S. The van der Waals surface area contributed by atoms with Gasteiger partial charge in [0.15, 0.2) is 0 Å². The number of ether oxygens (including phenoxy) is 1. The number of sulfonamides is 1. The van der Waals surface area contributed by atoms with Gasteiger partial charge in [-0.1, -0.05) is 31.2 Å². The summed E-state index contributed by atoms with van der Waals surface area (Å²) < 4.78 is 35.9. The second kappa shape index (κ2) is 10.2. The number of hydrogen-bond acceptors (Lipinski definition) is 7. The summed E-state index contributed by atoms with van der Waals surface area (Å²) in [5.41, 5.74) is 3.55. The predicted octanol–water partition coefficient (Wildman–Crippen LogP) is 3.70. The molecule has 11 heteroatoms. The Morgan fingerprint density at radius 3 is 2.42 bits per heavy atom. The number of anilines is 1. The molecule has 0 radical (unpaired) electrons. The minimum Gasteiger partial charge on any atom is -0.439 e. The molecule has 1 amide bonds. The molecule has 0 bridgehead atoms. The van der Waals surface area contributed by atoms with Crippen molar-refractivity contribution < 1.29 is 17.9 Å². The molecule has 0 aliphatic rings. The number of amides is 1. The van der Waals surface area contributed by atoms with Crippen LogP contribution in [0.15, 0.2) is 65.8 Å². The lowest BCUT2D eigenvalue weighted by Crippen LogP contribution is -2.17. The Kier molecular flexibility index (Phi) is 7.02. The lowest BCUT2D eigenvalue weighted by molar-refractivity contribution is 0.0963. The number of benzene rings is 2. The van der Waals surface area contributed by atoms with Gasteiger partial charge in [-0.2, -0.15) is 10.1 Å². The molecule has 2 aromatic carbocycles. The van der Waals surface area contributed by atoms with E-state index in [9.17, 15) is 13.2 Å². The Labute approximate surface area is 209 Å². The first-order valence-electron chi connectivity index (χ1n) is 11.2. The highest BCUT2D eigenvalue weighted by molar-refractivity contribution is 7.92. The molecule has 10 nitrogen and oxygen atoms in total. The minimum atomic E-state index is -3.99. The molecule has 36 heavy (non-hydrogen) atoms. The van der Waals surface area contributed by atoms with Crippen molar-refractivity contribution in [1.29, 1.82) is 0 Å². The summed E-state index contributed by atoms with van der Waals surface area (Å²) in [4.78, 5) is 20.9. The summed E-state index contributed by atoms with van der Waals surface area (Å²) in [6, 6.07) is 14.2. The third-order valence-electron chi connectivity index (χ3n) is 5.50. The van der Waals surface area contributed by atoms with E-state index in [4.69, 9.17) is 4.74 Å². The van der Waals surface area contributed by atoms with Crippen LogP contribution in [0.1, 0.15) is 28.4 Å². The smallest absolute Gasteiger partial charge is 0.267 e. The summed E-state index contributed by atoms with van der Waals surface area (Å²) in [6.45, 7) is 3.90. The van der Waals surface area contributed by atoms with Crippen LogP contribution < -0.4 is 14.8 Å². The normalized spacial score (nSPS) is 11.2. The third kappa shape index (κ3) is 5.20. The lowest BCUT2D eigenvalue weighted by atomic mass is 10.0. The SMILES string of the molecule is CCc1c(Oc2ccc(C(=O)NC)cc2)nc(NS(=O)(=O)c2cnn(C)c2)nc1-c1ccccc1C. The van der Waals surface area contributed by atoms with Gasteiger partial charge in [-0.15, -0.1) is 0 Å². The maximum Gasteiger partial charge on any atom is 0.267 e. The van der Waals surface area contributed by atoms with Crippen molar-refractivity contribution in [3.63, 3.8) is 0 Å². The van der Waals surface area contributed by atoms with Gasteiger partial charge < -0.3 is 10.1 Å². The van der Waals surface area contributed by atoms with E-state index >= 15 is 0 Å². The van der Waals surface area contributed by atoms with E-state index in [1.54, 1.807) is 38.4 Å². The summed E-state index contributed by atoms with van der Waals surface area (Å²) in [6.07, 6.45) is 3.16. The lowest BCUT2D eigenvalue weighted by Gasteiger charge is -2.16. The van der Waals surface area contributed by atoms with Gasteiger partial charge in [0.2, 0.25) is 11.8 Å². The summed E-state index contributed by atoms with van der Waals surface area (Å²) in [5.74, 6) is 0.299. The average Bonchev–Trinajstić information content (AvgIpc) is 3.31. The van der Waals surface area contributed by atoms with Crippen molar-refractivity contribution in [2.24, 2.45) is 7.05 Å². The monoisotopic (exact) mass is 506 g/mol. The molecule has 0 atom stereocenters. The first-order chi connectivity index (χ1) is 17.2. The molecule has 0 unspecified atom stereocenters. The zero-order valence-corrected chi connectivity index (χ0v) is 21.1. The van der Waals surface area contributed by atoms with Crippen LogP contribution in [0.25, 0.3) is 11.3 Å². The van der Waals surface area contributed by atoms with Crippen molar-refractivity contribution in [2.75, 3.05) is 11.8 Å². The van der Waals surface area contributed by atoms with Crippen LogP contribution in [0.5, 0.6) is 11.6 Å². The Bertz CT molecular complexity index is 1510. The molecule has 4 aromatic rings. The first kappa shape index (κ1) is 24.9. The van der Waals surface area contributed by atoms with E-state index in [0.717, 1.165) is 11.1 Å². The van der Waals surface area contributed by atoms with Gasteiger partial charge in [0, 0.05) is 37.0 Å². The van der Waals surface area contributed by atoms with E-state index in [0.29, 0.717) is 29.0 Å². The van der Waals surface area contributed by atoms with Crippen molar-refractivity contribution in [3.8, 4) is 22.9 Å². The van der Waals surface area contributed by atoms with Gasteiger partial charge >= 0.3 is 0 Å². The number of nitrogens with one attached hydrogen (secondary N) is 2. The van der Waals surface area contributed by atoms with Gasteiger partial charge in [0.25, 0.3) is 15.9 Å². The first-order valence-corrected chi connectivity index (χ1v) is 12.7. The van der Waals surface area contributed by atoms with Crippen LogP contribution >= 0.6 is 0 Å². The Balaban J connectivity index is 1.81. The number of carbonyl (C=O) groups is 1. The van der Waals surface area contributed by atoms with Crippen molar-refractivity contribution in [1.82, 2.24) is 25.1 Å². The van der Waals surface area contributed by atoms with E-state index in [-0.39, 0.29) is 22.6 Å². The summed E-state index contributed by atoms with van der Waals surface area (Å²) in [5, 5.41) is 6.50. The second-order valence-corrected chi connectivity index (χ2v) is 9.69. The highest BCUT2D eigenvalue weighted by Gasteiger charge is 2.22. The quantitative estimate of drug-likeness (QED) is 0.373. The molecule has 0 aliphatic carbocycles. The standard InChI is InChI=1S/C25H26N6O4S/c1-5-20-22(21-9-7-6-8-16(21)2)28-25(30-36(33,34)19-14-27-31(4)15-19)29-24(20)35-18-12-10-17(11-13-18)23(32)26-3/h6-15H,5H2,1-4H3,(H,26,32)(H,28,29,30). The third-order valence-corrected chi connectivity index (χ3v) is 6.78. The predicted molar refractivity (Wildman–Crippen MR) is 136 cm³/mol. The molecule has 2 heterocycles. The summed E-state index contributed by atoms with van der Waals surface area (Å²) >= 11 is 0. The summed E-state index contributed by atoms with van der Waals surface area (Å²) in [7, 11) is -0.801. The van der Waals surface area contributed by atoms with Gasteiger partial charge in [-0.3, -0.25) is 9.48 Å². The zero-order valence-electron chi connectivity index (χ0n) is 20.3. The van der Waals surface area contributed by atoms with E-state index in [1.807, 2.05) is 38.1 Å². The maximum absolute atomic E-state index is 13.0. The highest BCUT2D eigenvalue weighted by atomic mass is 32.2. The molecule has 0 aliphatic heterocycles. The van der Waals surface area contributed by atoms with Crippen LogP contribution in [0.2, 0.25) is 0 Å². The molecule has 0 saturated heterocycles. The fourth-order valence-electron chi connectivity index (χ4n) is 3.62. The van der Waals surface area contributed by atoms with Gasteiger partial charge in [-0.05, 0) is 43.2 Å². The molecule has 2 aromatic heterocycles. The van der Waals surface area contributed by atoms with Gasteiger partial charge in [0.05, 0.1) is 11.9 Å². The van der Waals surface area contributed by atoms with E-state index < -0.39 is 10.0 Å². The number of nitrogens with zero attached hydrogens (tertiary/aromatic N) is 4. The minimum absolute atomic E-state index is 0.0159. The van der Waals surface area contributed by atoms with E-state index in [2.05, 4.69) is 25.1 Å². The second-order valence-electron chi connectivity index (χ2n) is 8.01. The number of carbonyl (C=O) groups excluding carboxylic acids is 1. The largest absolute Gasteiger partial charge is 0.439 e. The van der Waals surface area contributed by atoms with Crippen LogP contribution in [-0.2, 0) is 23.5 Å². The highest BCUT2D eigenvalue weighted by Crippen LogP contribution is 2.34. The number of rotatable bonds is 8. The molecule has 2 N–H and O–H groups in total. The average molecular weight is 507 g/mol. The molecule has 0 saturated carbocycles. The maximum atomic E-state index is 13.0. The molecule has 4 rings (SSSR count). The van der Waals surface area contributed by atoms with Crippen molar-refractivity contribution >= 4 is 21.9 Å². The molecule has 186 valence electrons. The molecule has 0 fully saturated rings.